The molecule has 102 valence electrons. The molecule has 2 amide bonds. The zero-order valence-electron chi connectivity index (χ0n) is 11.2. The van der Waals surface area contributed by atoms with Gasteiger partial charge in [0.05, 0.1) is 5.69 Å². The molecule has 2 N–H and O–H groups in total. The minimum Gasteiger partial charge on any atom is -0.326 e. The molecule has 0 unspecified atom stereocenters. The number of amides is 2. The molecule has 0 aliphatic heterocycles. The summed E-state index contributed by atoms with van der Waals surface area (Å²) < 4.78 is 13.6. The molecule has 5 heteroatoms. The fraction of sp³-hybridized carbons (Fsp3) is 0.286. The monoisotopic (exact) mass is 264 g/mol. The molecule has 19 heavy (non-hydrogen) atoms. The maximum Gasteiger partial charge on any atom is 0.251 e. The third kappa shape index (κ3) is 4.54. The third-order valence-electron chi connectivity index (χ3n) is 2.40. The van der Waals surface area contributed by atoms with Crippen LogP contribution in [-0.4, -0.2) is 11.8 Å². The van der Waals surface area contributed by atoms with Crippen LogP contribution in [0.1, 0.15) is 27.2 Å². The molecule has 0 saturated carbocycles. The van der Waals surface area contributed by atoms with Crippen LogP contribution < -0.4 is 10.6 Å². The number of nitrogens with one attached hydrogen (secondary N) is 2. The molecule has 0 aliphatic carbocycles. The van der Waals surface area contributed by atoms with E-state index < -0.39 is 5.82 Å². The van der Waals surface area contributed by atoms with E-state index in [1.807, 2.05) is 6.92 Å². The molecule has 0 heterocycles. The van der Waals surface area contributed by atoms with E-state index in [1.165, 1.54) is 25.1 Å². The van der Waals surface area contributed by atoms with Crippen molar-refractivity contribution in [3.05, 3.63) is 35.7 Å². The second-order valence-corrected chi connectivity index (χ2v) is 4.13. The quantitative estimate of drug-likeness (QED) is 0.821. The second-order valence-electron chi connectivity index (χ2n) is 4.13. The van der Waals surface area contributed by atoms with Crippen molar-refractivity contribution in [1.82, 2.24) is 0 Å². The molecule has 1 aromatic carbocycles. The van der Waals surface area contributed by atoms with Gasteiger partial charge >= 0.3 is 0 Å². The predicted octanol–water partition coefficient (Wildman–Crippen LogP) is 3.08. The highest BCUT2D eigenvalue weighted by atomic mass is 19.1. The molecule has 1 aromatic rings. The molecule has 0 bridgehead atoms. The molecule has 1 rings (SSSR count). The van der Waals surface area contributed by atoms with Crippen LogP contribution in [0.15, 0.2) is 29.8 Å². The van der Waals surface area contributed by atoms with Gasteiger partial charge in [0.15, 0.2) is 0 Å². The Labute approximate surface area is 111 Å². The standard InChI is InChI=1S/C14H17FN2O2/c1-4-5-9(2)14(19)17-13-8-11(16-10(3)18)6-7-12(13)15/h5-8H,4H2,1-3H3,(H,16,18)(H,17,19)/b9-5+. The average Bonchev–Trinajstić information content (AvgIpc) is 2.33. The number of carbonyl (C=O) groups is 2. The number of carbonyl (C=O) groups excluding carboxylic acids is 2. The summed E-state index contributed by atoms with van der Waals surface area (Å²) in [5.74, 6) is -1.17. The summed E-state index contributed by atoms with van der Waals surface area (Å²) in [6.07, 6.45) is 2.48. The Morgan fingerprint density at radius 1 is 1.26 bits per heavy atom. The minimum absolute atomic E-state index is 0.0418. The van der Waals surface area contributed by atoms with Gasteiger partial charge in [-0.1, -0.05) is 13.0 Å². The van der Waals surface area contributed by atoms with E-state index in [1.54, 1.807) is 13.0 Å². The maximum atomic E-state index is 13.6. The highest BCUT2D eigenvalue weighted by Crippen LogP contribution is 2.20. The molecular weight excluding hydrogens is 247 g/mol. The second kappa shape index (κ2) is 6.68. The fourth-order valence-corrected chi connectivity index (χ4v) is 1.52. The van der Waals surface area contributed by atoms with E-state index in [0.717, 1.165) is 6.42 Å². The van der Waals surface area contributed by atoms with Gasteiger partial charge in [-0.15, -0.1) is 0 Å². The van der Waals surface area contributed by atoms with Crippen molar-refractivity contribution < 1.29 is 14.0 Å². The number of allylic oxidation sites excluding steroid dienone is 1. The number of halogens is 1. The van der Waals surface area contributed by atoms with Gasteiger partial charge in [-0.25, -0.2) is 4.39 Å². The summed E-state index contributed by atoms with van der Waals surface area (Å²) >= 11 is 0. The molecule has 0 fully saturated rings. The lowest BCUT2D eigenvalue weighted by Gasteiger charge is -2.09. The number of benzene rings is 1. The highest BCUT2D eigenvalue weighted by Gasteiger charge is 2.09. The van der Waals surface area contributed by atoms with E-state index in [9.17, 15) is 14.0 Å². The van der Waals surface area contributed by atoms with Crippen LogP contribution in [0.5, 0.6) is 0 Å². The van der Waals surface area contributed by atoms with E-state index >= 15 is 0 Å². The topological polar surface area (TPSA) is 58.2 Å². The van der Waals surface area contributed by atoms with Crippen LogP contribution in [0.4, 0.5) is 15.8 Å². The van der Waals surface area contributed by atoms with E-state index in [0.29, 0.717) is 11.3 Å². The first-order valence-corrected chi connectivity index (χ1v) is 5.99. The van der Waals surface area contributed by atoms with Crippen molar-refractivity contribution in [2.24, 2.45) is 0 Å². The number of rotatable bonds is 4. The Morgan fingerprint density at radius 2 is 1.95 bits per heavy atom. The summed E-state index contributed by atoms with van der Waals surface area (Å²) in [6, 6.07) is 4.01. The summed E-state index contributed by atoms with van der Waals surface area (Å²) in [4.78, 5) is 22.7. The number of hydrogen-bond donors (Lipinski definition) is 2. The number of anilines is 2. The van der Waals surface area contributed by atoms with Crippen molar-refractivity contribution in [1.29, 1.82) is 0 Å². The maximum absolute atomic E-state index is 13.6. The SMILES string of the molecule is CC/C=C(\C)C(=O)Nc1cc(NC(C)=O)ccc1F. The smallest absolute Gasteiger partial charge is 0.251 e. The molecule has 0 saturated heterocycles. The molecular formula is C14H17FN2O2. The van der Waals surface area contributed by atoms with Gasteiger partial charge in [0.2, 0.25) is 5.91 Å². The molecule has 0 radical (unpaired) electrons. The van der Waals surface area contributed by atoms with Gasteiger partial charge < -0.3 is 10.6 Å². The molecule has 4 nitrogen and oxygen atoms in total. The number of hydrogen-bond acceptors (Lipinski definition) is 2. The highest BCUT2D eigenvalue weighted by molar-refractivity contribution is 6.03. The lowest BCUT2D eigenvalue weighted by molar-refractivity contribution is -0.114. The third-order valence-corrected chi connectivity index (χ3v) is 2.40. The van der Waals surface area contributed by atoms with Crippen molar-refractivity contribution >= 4 is 23.2 Å². The van der Waals surface area contributed by atoms with Crippen molar-refractivity contribution in [2.75, 3.05) is 10.6 Å². The van der Waals surface area contributed by atoms with Crippen LogP contribution in [-0.2, 0) is 9.59 Å². The Morgan fingerprint density at radius 3 is 2.53 bits per heavy atom. The van der Waals surface area contributed by atoms with E-state index in [-0.39, 0.29) is 17.5 Å². The fourth-order valence-electron chi connectivity index (χ4n) is 1.52. The van der Waals surface area contributed by atoms with Crippen LogP contribution in [0, 0.1) is 5.82 Å². The molecule has 0 spiro atoms. The molecule has 0 aromatic heterocycles. The largest absolute Gasteiger partial charge is 0.326 e. The van der Waals surface area contributed by atoms with E-state index in [2.05, 4.69) is 10.6 Å². The van der Waals surface area contributed by atoms with Crippen LogP contribution >= 0.6 is 0 Å². The van der Waals surface area contributed by atoms with Crippen LogP contribution in [0.2, 0.25) is 0 Å². The van der Waals surface area contributed by atoms with Gasteiger partial charge in [-0.05, 0) is 31.5 Å². The lowest BCUT2D eigenvalue weighted by Crippen LogP contribution is -2.14. The van der Waals surface area contributed by atoms with Crippen molar-refractivity contribution in [3.63, 3.8) is 0 Å². The Bertz CT molecular complexity index is 524. The Hall–Kier alpha value is -2.17. The van der Waals surface area contributed by atoms with Gasteiger partial charge in [0, 0.05) is 18.2 Å². The van der Waals surface area contributed by atoms with E-state index in [4.69, 9.17) is 0 Å². The lowest BCUT2D eigenvalue weighted by atomic mass is 10.2. The summed E-state index contributed by atoms with van der Waals surface area (Å²) in [5.41, 5.74) is 0.994. The van der Waals surface area contributed by atoms with Gasteiger partial charge in [-0.2, -0.15) is 0 Å². The van der Waals surface area contributed by atoms with Gasteiger partial charge in [0.25, 0.3) is 5.91 Å². The Balaban J connectivity index is 2.91. The zero-order chi connectivity index (χ0) is 14.4. The first kappa shape index (κ1) is 14.9. The Kier molecular flexibility index (Phi) is 5.23. The van der Waals surface area contributed by atoms with Crippen molar-refractivity contribution in [3.8, 4) is 0 Å². The van der Waals surface area contributed by atoms with Gasteiger partial charge in [-0.3, -0.25) is 9.59 Å². The van der Waals surface area contributed by atoms with Crippen molar-refractivity contribution in [2.45, 2.75) is 27.2 Å². The molecule has 0 atom stereocenters. The zero-order valence-corrected chi connectivity index (χ0v) is 11.2. The minimum atomic E-state index is -0.549. The first-order chi connectivity index (χ1) is 8.93. The summed E-state index contributed by atoms with van der Waals surface area (Å²) in [7, 11) is 0. The van der Waals surface area contributed by atoms with Gasteiger partial charge in [0.1, 0.15) is 5.82 Å². The first-order valence-electron chi connectivity index (χ1n) is 5.99. The molecule has 0 aliphatic rings. The van der Waals surface area contributed by atoms with Crippen LogP contribution in [0.25, 0.3) is 0 Å². The van der Waals surface area contributed by atoms with Crippen LogP contribution in [0.3, 0.4) is 0 Å². The predicted molar refractivity (Wildman–Crippen MR) is 73.4 cm³/mol. The summed E-state index contributed by atoms with van der Waals surface area (Å²) in [6.45, 7) is 4.93. The average molecular weight is 264 g/mol. The summed E-state index contributed by atoms with van der Waals surface area (Å²) in [5, 5.41) is 5.00. The normalized spacial score (nSPS) is 11.1.